The van der Waals surface area contributed by atoms with E-state index in [1.807, 2.05) is 0 Å². The third-order valence-electron chi connectivity index (χ3n) is 4.22. The van der Waals surface area contributed by atoms with Gasteiger partial charge in [0.2, 0.25) is 0 Å². The maximum absolute atomic E-state index is 9.57. The van der Waals surface area contributed by atoms with Crippen LogP contribution in [0.25, 0.3) is 0 Å². The van der Waals surface area contributed by atoms with Crippen molar-refractivity contribution in [1.82, 2.24) is 4.90 Å². The minimum absolute atomic E-state index is 0.254. The van der Waals surface area contributed by atoms with E-state index >= 15 is 0 Å². The highest BCUT2D eigenvalue weighted by Gasteiger charge is 2.27. The summed E-state index contributed by atoms with van der Waals surface area (Å²) >= 11 is 1.70. The van der Waals surface area contributed by atoms with Crippen molar-refractivity contribution in [1.29, 1.82) is 0 Å². The van der Waals surface area contributed by atoms with E-state index < -0.39 is 0 Å². The zero-order valence-corrected chi connectivity index (χ0v) is 13.4. The van der Waals surface area contributed by atoms with Crippen LogP contribution in [0.15, 0.2) is 23.1 Å². The topological polar surface area (TPSA) is 32.7 Å². The lowest BCUT2D eigenvalue weighted by molar-refractivity contribution is 0.0451. The second kappa shape index (κ2) is 7.34. The number of hydrogen-bond acceptors (Lipinski definition) is 4. The van der Waals surface area contributed by atoms with E-state index in [1.165, 1.54) is 23.3 Å². The Morgan fingerprint density at radius 3 is 2.85 bits per heavy atom. The molecular weight excluding hydrogens is 270 g/mol. The van der Waals surface area contributed by atoms with Gasteiger partial charge in [-0.2, -0.15) is 0 Å². The Morgan fingerprint density at radius 1 is 1.40 bits per heavy atom. The van der Waals surface area contributed by atoms with Crippen LogP contribution in [0.4, 0.5) is 0 Å². The Morgan fingerprint density at radius 2 is 2.20 bits per heavy atom. The van der Waals surface area contributed by atoms with Gasteiger partial charge >= 0.3 is 0 Å². The molecule has 1 heterocycles. The molecule has 0 aliphatic carbocycles. The van der Waals surface area contributed by atoms with Crippen LogP contribution < -0.4 is 4.74 Å². The van der Waals surface area contributed by atoms with Gasteiger partial charge in [-0.3, -0.25) is 4.90 Å². The molecule has 0 bridgehead atoms. The molecule has 1 N–H and O–H groups in total. The minimum Gasteiger partial charge on any atom is -0.496 e. The second-order valence-electron chi connectivity index (χ2n) is 5.48. The van der Waals surface area contributed by atoms with E-state index in [0.29, 0.717) is 12.1 Å². The second-order valence-corrected chi connectivity index (χ2v) is 6.33. The first-order valence-electron chi connectivity index (χ1n) is 7.27. The van der Waals surface area contributed by atoms with E-state index in [1.54, 1.807) is 18.9 Å². The van der Waals surface area contributed by atoms with Crippen LogP contribution in [0.2, 0.25) is 0 Å². The lowest BCUT2D eigenvalue weighted by Crippen LogP contribution is -2.46. The average Bonchev–Trinajstić information content (AvgIpc) is 2.49. The van der Waals surface area contributed by atoms with Crippen molar-refractivity contribution in [3.05, 3.63) is 23.8 Å². The van der Waals surface area contributed by atoms with Crippen LogP contribution in [-0.2, 0) is 6.54 Å². The monoisotopic (exact) mass is 295 g/mol. The number of piperidine rings is 1. The summed E-state index contributed by atoms with van der Waals surface area (Å²) in [6.07, 6.45) is 5.60. The molecule has 2 atom stereocenters. The number of aliphatic hydroxyl groups excluding tert-OH is 1. The van der Waals surface area contributed by atoms with Gasteiger partial charge in [0, 0.05) is 23.5 Å². The number of thioether (sulfide) groups is 1. The van der Waals surface area contributed by atoms with E-state index in [0.717, 1.165) is 18.7 Å². The van der Waals surface area contributed by atoms with Gasteiger partial charge < -0.3 is 9.84 Å². The van der Waals surface area contributed by atoms with Crippen LogP contribution in [0, 0.1) is 0 Å². The van der Waals surface area contributed by atoms with E-state index in [9.17, 15) is 5.11 Å². The van der Waals surface area contributed by atoms with Crippen molar-refractivity contribution in [3.63, 3.8) is 0 Å². The number of ether oxygens (including phenoxy) is 1. The van der Waals surface area contributed by atoms with Crippen molar-refractivity contribution < 1.29 is 9.84 Å². The van der Waals surface area contributed by atoms with Gasteiger partial charge in [0.15, 0.2) is 0 Å². The summed E-state index contributed by atoms with van der Waals surface area (Å²) in [5.74, 6) is 0.945. The molecule has 1 aromatic carbocycles. The molecule has 20 heavy (non-hydrogen) atoms. The number of methoxy groups -OCH3 is 1. The van der Waals surface area contributed by atoms with Crippen molar-refractivity contribution in [2.24, 2.45) is 0 Å². The van der Waals surface area contributed by atoms with Crippen LogP contribution in [-0.4, -0.2) is 42.1 Å². The molecule has 1 saturated heterocycles. The smallest absolute Gasteiger partial charge is 0.132 e. The number of rotatable bonds is 5. The number of nitrogens with zero attached hydrogens (tertiary/aromatic N) is 1. The Balaban J connectivity index is 2.15. The highest BCUT2D eigenvalue weighted by atomic mass is 32.2. The Bertz CT molecular complexity index is 438. The molecule has 0 saturated carbocycles. The number of likely N-dealkylation sites (tertiary alicyclic amines) is 1. The highest BCUT2D eigenvalue weighted by molar-refractivity contribution is 7.98. The summed E-state index contributed by atoms with van der Waals surface area (Å²) in [7, 11) is 1.72. The fourth-order valence-electron chi connectivity index (χ4n) is 3.01. The highest BCUT2D eigenvalue weighted by Crippen LogP contribution is 2.30. The van der Waals surface area contributed by atoms with Gasteiger partial charge in [-0.05, 0) is 43.7 Å². The lowest BCUT2D eigenvalue weighted by atomic mass is 9.96. The Kier molecular flexibility index (Phi) is 5.75. The van der Waals surface area contributed by atoms with Gasteiger partial charge in [0.1, 0.15) is 5.75 Å². The van der Waals surface area contributed by atoms with E-state index in [2.05, 4.69) is 36.3 Å². The first-order valence-corrected chi connectivity index (χ1v) is 8.49. The standard InChI is InChI=1S/C16H25NO2S/c1-12-5-4-6-14(11-18)17(12)10-13-7-8-16(20-3)15(9-13)19-2/h7-9,12,14,18H,4-6,10-11H2,1-3H3. The number of hydrogen-bond donors (Lipinski definition) is 1. The largest absolute Gasteiger partial charge is 0.496 e. The normalized spacial score (nSPS) is 23.8. The lowest BCUT2D eigenvalue weighted by Gasteiger charge is -2.40. The predicted octanol–water partition coefficient (Wildman–Crippen LogP) is 3.15. The van der Waals surface area contributed by atoms with Crippen molar-refractivity contribution in [3.8, 4) is 5.75 Å². The van der Waals surface area contributed by atoms with Crippen molar-refractivity contribution in [2.75, 3.05) is 20.0 Å². The van der Waals surface area contributed by atoms with E-state index in [-0.39, 0.29) is 6.61 Å². The zero-order chi connectivity index (χ0) is 14.5. The summed E-state index contributed by atoms with van der Waals surface area (Å²) in [5.41, 5.74) is 1.26. The summed E-state index contributed by atoms with van der Waals surface area (Å²) in [4.78, 5) is 3.60. The number of aliphatic hydroxyl groups is 1. The van der Waals surface area contributed by atoms with Gasteiger partial charge in [-0.1, -0.05) is 12.5 Å². The Labute approximate surface area is 126 Å². The van der Waals surface area contributed by atoms with Crippen LogP contribution >= 0.6 is 11.8 Å². The molecule has 2 rings (SSSR count). The van der Waals surface area contributed by atoms with Gasteiger partial charge in [-0.15, -0.1) is 11.8 Å². The molecule has 0 amide bonds. The Hall–Kier alpha value is -0.710. The van der Waals surface area contributed by atoms with E-state index in [4.69, 9.17) is 4.74 Å². The molecule has 0 aromatic heterocycles. The fraction of sp³-hybridized carbons (Fsp3) is 0.625. The first kappa shape index (κ1) is 15.7. The number of benzene rings is 1. The molecule has 4 heteroatoms. The van der Waals surface area contributed by atoms with Crippen LogP contribution in [0.5, 0.6) is 5.75 Å². The summed E-state index contributed by atoms with van der Waals surface area (Å²) in [6.45, 7) is 3.40. The van der Waals surface area contributed by atoms with Crippen molar-refractivity contribution in [2.45, 2.75) is 49.7 Å². The molecule has 2 unspecified atom stereocenters. The van der Waals surface area contributed by atoms with Crippen LogP contribution in [0.3, 0.4) is 0 Å². The van der Waals surface area contributed by atoms with Gasteiger partial charge in [0.25, 0.3) is 0 Å². The molecule has 1 fully saturated rings. The maximum atomic E-state index is 9.57. The average molecular weight is 295 g/mol. The van der Waals surface area contributed by atoms with Gasteiger partial charge in [0.05, 0.1) is 13.7 Å². The third kappa shape index (κ3) is 3.48. The molecule has 112 valence electrons. The SMILES string of the molecule is COc1cc(CN2C(C)CCCC2CO)ccc1SC. The quantitative estimate of drug-likeness (QED) is 0.846. The van der Waals surface area contributed by atoms with Crippen LogP contribution in [0.1, 0.15) is 31.7 Å². The summed E-state index contributed by atoms with van der Waals surface area (Å²) in [6, 6.07) is 7.25. The van der Waals surface area contributed by atoms with Crippen molar-refractivity contribution >= 4 is 11.8 Å². The predicted molar refractivity (Wildman–Crippen MR) is 84.5 cm³/mol. The van der Waals surface area contributed by atoms with Gasteiger partial charge in [-0.25, -0.2) is 0 Å². The molecule has 0 radical (unpaired) electrons. The molecule has 3 nitrogen and oxygen atoms in total. The summed E-state index contributed by atoms with van der Waals surface area (Å²) < 4.78 is 5.46. The molecule has 1 aliphatic rings. The molecule has 1 aliphatic heterocycles. The molecular formula is C16H25NO2S. The molecule has 1 aromatic rings. The molecule has 0 spiro atoms. The fourth-order valence-corrected chi connectivity index (χ4v) is 3.56. The first-order chi connectivity index (χ1) is 9.69. The third-order valence-corrected chi connectivity index (χ3v) is 5.00. The minimum atomic E-state index is 0.254. The maximum Gasteiger partial charge on any atom is 0.132 e. The zero-order valence-electron chi connectivity index (χ0n) is 12.6. The summed E-state index contributed by atoms with van der Waals surface area (Å²) in [5, 5.41) is 9.57.